The Kier molecular flexibility index (Phi) is 4.23. The van der Waals surface area contributed by atoms with Gasteiger partial charge in [-0.3, -0.25) is 0 Å². The Morgan fingerprint density at radius 3 is 2.82 bits per heavy atom. The van der Waals surface area contributed by atoms with Gasteiger partial charge in [-0.05, 0) is 37.5 Å². The van der Waals surface area contributed by atoms with Gasteiger partial charge in [0.25, 0.3) is 0 Å². The molecule has 3 nitrogen and oxygen atoms in total. The van der Waals surface area contributed by atoms with Gasteiger partial charge in [-0.25, -0.2) is 4.68 Å². The molecule has 1 heterocycles. The van der Waals surface area contributed by atoms with Crippen molar-refractivity contribution in [3.8, 4) is 0 Å². The average Bonchev–Trinajstić information content (AvgIpc) is 2.81. The summed E-state index contributed by atoms with van der Waals surface area (Å²) in [4.78, 5) is 0.344. The molecule has 2 rings (SSSR count). The van der Waals surface area contributed by atoms with Gasteiger partial charge < -0.3 is 0 Å². The van der Waals surface area contributed by atoms with E-state index in [1.807, 2.05) is 0 Å². The molecule has 1 aromatic heterocycles. The highest BCUT2D eigenvalue weighted by Crippen LogP contribution is 2.36. The number of alkyl halides is 1. The van der Waals surface area contributed by atoms with Crippen molar-refractivity contribution in [2.45, 2.75) is 57.3 Å². The summed E-state index contributed by atoms with van der Waals surface area (Å²) in [6.45, 7) is 6.87. The van der Waals surface area contributed by atoms with E-state index in [4.69, 9.17) is 0 Å². The second-order valence-electron chi connectivity index (χ2n) is 5.42. The minimum atomic E-state index is 0.344. The van der Waals surface area contributed by atoms with E-state index in [1.165, 1.54) is 19.3 Å². The van der Waals surface area contributed by atoms with Crippen LogP contribution in [-0.4, -0.2) is 15.0 Å². The number of hydrogen-bond acceptors (Lipinski definition) is 2. The molecule has 4 unspecified atom stereocenters. The van der Waals surface area contributed by atoms with Gasteiger partial charge in [0.15, 0.2) is 0 Å². The van der Waals surface area contributed by atoms with Crippen molar-refractivity contribution in [3.05, 3.63) is 11.9 Å². The highest BCUT2D eigenvalue weighted by molar-refractivity contribution is 9.09. The molecule has 0 amide bonds. The van der Waals surface area contributed by atoms with Gasteiger partial charge >= 0.3 is 0 Å². The Bertz CT molecular complexity index is 363. The molecule has 0 spiro atoms. The van der Waals surface area contributed by atoms with Crippen molar-refractivity contribution in [2.75, 3.05) is 0 Å². The number of rotatable bonds is 3. The lowest BCUT2D eigenvalue weighted by Gasteiger charge is -2.31. The summed E-state index contributed by atoms with van der Waals surface area (Å²) in [7, 11) is 0. The molecule has 4 heteroatoms. The van der Waals surface area contributed by atoms with Crippen LogP contribution in [0, 0.1) is 11.8 Å². The number of nitrogens with zero attached hydrogens (tertiary/aromatic N) is 3. The molecular formula is C13H22BrN3. The van der Waals surface area contributed by atoms with Crippen LogP contribution in [0.5, 0.6) is 0 Å². The van der Waals surface area contributed by atoms with E-state index in [2.05, 4.69) is 57.9 Å². The molecule has 0 saturated heterocycles. The summed E-state index contributed by atoms with van der Waals surface area (Å²) >= 11 is 3.63. The van der Waals surface area contributed by atoms with Crippen molar-refractivity contribution in [2.24, 2.45) is 11.8 Å². The van der Waals surface area contributed by atoms with E-state index in [-0.39, 0.29) is 0 Å². The molecule has 1 aliphatic carbocycles. The molecule has 0 radical (unpaired) electrons. The summed E-state index contributed by atoms with van der Waals surface area (Å²) in [5.41, 5.74) is 1.07. The summed E-state index contributed by atoms with van der Waals surface area (Å²) in [6.07, 6.45) is 6.97. The number of hydrogen-bond donors (Lipinski definition) is 0. The van der Waals surface area contributed by atoms with Gasteiger partial charge in [0.05, 0.1) is 16.6 Å². The van der Waals surface area contributed by atoms with Gasteiger partial charge in [0.2, 0.25) is 0 Å². The monoisotopic (exact) mass is 299 g/mol. The van der Waals surface area contributed by atoms with Crippen molar-refractivity contribution >= 4 is 15.9 Å². The van der Waals surface area contributed by atoms with Gasteiger partial charge in [-0.15, -0.1) is 5.10 Å². The Labute approximate surface area is 112 Å². The Morgan fingerprint density at radius 2 is 2.18 bits per heavy atom. The first kappa shape index (κ1) is 13.1. The van der Waals surface area contributed by atoms with Crippen LogP contribution in [0.15, 0.2) is 6.20 Å². The predicted octanol–water partition coefficient (Wildman–Crippen LogP) is 4.12. The van der Waals surface area contributed by atoms with E-state index in [0.717, 1.165) is 24.0 Å². The first-order chi connectivity index (χ1) is 8.11. The van der Waals surface area contributed by atoms with Crippen LogP contribution in [0.25, 0.3) is 0 Å². The maximum Gasteiger partial charge on any atom is 0.0963 e. The maximum atomic E-state index is 4.31. The predicted molar refractivity (Wildman–Crippen MR) is 73.2 cm³/mol. The summed E-state index contributed by atoms with van der Waals surface area (Å²) in [6, 6.07) is 0.555. The zero-order valence-corrected chi connectivity index (χ0v) is 12.5. The van der Waals surface area contributed by atoms with Gasteiger partial charge in [0, 0.05) is 6.20 Å². The third-order valence-corrected chi connectivity index (χ3v) is 5.27. The minimum absolute atomic E-state index is 0.344. The molecular weight excluding hydrogens is 278 g/mol. The first-order valence-electron chi connectivity index (χ1n) is 6.67. The van der Waals surface area contributed by atoms with Crippen LogP contribution in [0.3, 0.4) is 0 Å². The highest BCUT2D eigenvalue weighted by atomic mass is 79.9. The average molecular weight is 300 g/mol. The lowest BCUT2D eigenvalue weighted by atomic mass is 9.79. The van der Waals surface area contributed by atoms with Crippen LogP contribution >= 0.6 is 15.9 Å². The highest BCUT2D eigenvalue weighted by Gasteiger charge is 2.26. The number of halogens is 1. The van der Waals surface area contributed by atoms with Crippen molar-refractivity contribution < 1.29 is 0 Å². The smallest absolute Gasteiger partial charge is 0.0963 e. The largest absolute Gasteiger partial charge is 0.249 e. The third-order valence-electron chi connectivity index (χ3n) is 4.15. The minimum Gasteiger partial charge on any atom is -0.249 e. The van der Waals surface area contributed by atoms with E-state index >= 15 is 0 Å². The third kappa shape index (κ3) is 2.90. The summed E-state index contributed by atoms with van der Waals surface area (Å²) in [5.74, 6) is 1.65. The van der Waals surface area contributed by atoms with Crippen molar-refractivity contribution in [3.63, 3.8) is 0 Å². The van der Waals surface area contributed by atoms with Crippen molar-refractivity contribution in [1.82, 2.24) is 15.0 Å². The Morgan fingerprint density at radius 1 is 1.41 bits per heavy atom. The molecule has 0 N–H and O–H groups in total. The van der Waals surface area contributed by atoms with Gasteiger partial charge in [0.1, 0.15) is 0 Å². The molecule has 1 aromatic rings. The van der Waals surface area contributed by atoms with Crippen LogP contribution in [-0.2, 0) is 0 Å². The van der Waals surface area contributed by atoms with E-state index < -0.39 is 0 Å². The Hall–Kier alpha value is -0.380. The maximum absolute atomic E-state index is 4.31. The summed E-state index contributed by atoms with van der Waals surface area (Å²) in [5, 5.41) is 8.58. The molecule has 17 heavy (non-hydrogen) atoms. The van der Waals surface area contributed by atoms with Crippen LogP contribution in [0.2, 0.25) is 0 Å². The molecule has 0 bridgehead atoms. The van der Waals surface area contributed by atoms with Crippen molar-refractivity contribution in [1.29, 1.82) is 0 Å². The fraction of sp³-hybridized carbons (Fsp3) is 0.846. The second kappa shape index (κ2) is 5.51. The standard InChI is InChI=1S/C13H22BrN3/c1-4-12(14)13-8-17(16-15-13)11-6-5-9(2)10(3)7-11/h8-12H,4-7H2,1-3H3. The normalized spacial score (nSPS) is 31.4. The topological polar surface area (TPSA) is 30.7 Å². The molecule has 4 atom stereocenters. The fourth-order valence-electron chi connectivity index (χ4n) is 2.58. The van der Waals surface area contributed by atoms with E-state index in [9.17, 15) is 0 Å². The number of aromatic nitrogens is 3. The van der Waals surface area contributed by atoms with Gasteiger partial charge in [-0.2, -0.15) is 0 Å². The molecule has 0 aromatic carbocycles. The fourth-order valence-corrected chi connectivity index (χ4v) is 2.79. The zero-order valence-electron chi connectivity index (χ0n) is 10.9. The molecule has 1 saturated carbocycles. The zero-order chi connectivity index (χ0) is 12.4. The lowest BCUT2D eigenvalue weighted by Crippen LogP contribution is -2.23. The first-order valence-corrected chi connectivity index (χ1v) is 7.59. The van der Waals surface area contributed by atoms with E-state index in [1.54, 1.807) is 0 Å². The molecule has 1 aliphatic rings. The summed E-state index contributed by atoms with van der Waals surface area (Å²) < 4.78 is 2.08. The Balaban J connectivity index is 2.05. The molecule has 96 valence electrons. The van der Waals surface area contributed by atoms with Crippen LogP contribution in [0.1, 0.15) is 63.0 Å². The second-order valence-corrected chi connectivity index (χ2v) is 6.53. The lowest BCUT2D eigenvalue weighted by molar-refractivity contribution is 0.199. The molecule has 1 fully saturated rings. The quantitative estimate of drug-likeness (QED) is 0.786. The SMILES string of the molecule is CCC(Br)c1cn(C2CCC(C)C(C)C2)nn1. The van der Waals surface area contributed by atoms with Gasteiger partial charge in [-0.1, -0.05) is 41.9 Å². The molecule has 0 aliphatic heterocycles. The van der Waals surface area contributed by atoms with Crippen LogP contribution < -0.4 is 0 Å². The van der Waals surface area contributed by atoms with Crippen LogP contribution in [0.4, 0.5) is 0 Å². The van der Waals surface area contributed by atoms with E-state index in [0.29, 0.717) is 10.9 Å².